The van der Waals surface area contributed by atoms with Gasteiger partial charge in [-0.25, -0.2) is 4.98 Å². The first-order valence-electron chi connectivity index (χ1n) is 5.22. The minimum atomic E-state index is 0.559. The summed E-state index contributed by atoms with van der Waals surface area (Å²) in [5.74, 6) is 1.68. The van der Waals surface area contributed by atoms with Gasteiger partial charge in [0.1, 0.15) is 24.0 Å². The van der Waals surface area contributed by atoms with Gasteiger partial charge in [0.25, 0.3) is 0 Å². The minimum absolute atomic E-state index is 0.559. The third-order valence-corrected chi connectivity index (χ3v) is 2.35. The van der Waals surface area contributed by atoms with Gasteiger partial charge in [-0.2, -0.15) is 5.26 Å². The van der Waals surface area contributed by atoms with Crippen molar-refractivity contribution in [3.05, 3.63) is 36.0 Å². The van der Waals surface area contributed by atoms with E-state index in [4.69, 9.17) is 5.26 Å². The highest BCUT2D eigenvalue weighted by Crippen LogP contribution is 2.04. The van der Waals surface area contributed by atoms with Crippen LogP contribution in [0.1, 0.15) is 11.4 Å². The van der Waals surface area contributed by atoms with Gasteiger partial charge in [-0.15, -0.1) is 10.2 Å². The molecule has 86 valence electrons. The number of nitriles is 1. The fourth-order valence-corrected chi connectivity index (χ4v) is 1.40. The lowest BCUT2D eigenvalue weighted by Gasteiger charge is -2.04. The van der Waals surface area contributed by atoms with Gasteiger partial charge in [0.2, 0.25) is 0 Å². The van der Waals surface area contributed by atoms with Gasteiger partial charge in [0, 0.05) is 26.2 Å². The maximum atomic E-state index is 8.63. The van der Waals surface area contributed by atoms with Crippen LogP contribution in [0.3, 0.4) is 0 Å². The summed E-state index contributed by atoms with van der Waals surface area (Å²) in [7, 11) is 1.91. The van der Waals surface area contributed by atoms with E-state index in [1.165, 1.54) is 0 Å². The predicted molar refractivity (Wildman–Crippen MR) is 62.1 cm³/mol. The second-order valence-corrected chi connectivity index (χ2v) is 3.58. The molecule has 2 aromatic heterocycles. The highest BCUT2D eigenvalue weighted by molar-refractivity contribution is 5.38. The highest BCUT2D eigenvalue weighted by atomic mass is 15.2. The predicted octanol–water partition coefficient (Wildman–Crippen LogP) is 0.736. The summed E-state index contributed by atoms with van der Waals surface area (Å²) in [6, 6.07) is 5.55. The SMILES string of the molecule is Cn1cnnc1CCNc1ccc(C#N)cn1. The molecule has 0 aromatic carbocycles. The van der Waals surface area contributed by atoms with Crippen molar-refractivity contribution < 1.29 is 0 Å². The molecule has 0 fully saturated rings. The van der Waals surface area contributed by atoms with Crippen LogP contribution >= 0.6 is 0 Å². The van der Waals surface area contributed by atoms with E-state index in [-0.39, 0.29) is 0 Å². The zero-order valence-electron chi connectivity index (χ0n) is 9.46. The molecule has 0 bridgehead atoms. The summed E-state index contributed by atoms with van der Waals surface area (Å²) in [5, 5.41) is 19.6. The molecule has 1 N–H and O–H groups in total. The number of nitrogens with one attached hydrogen (secondary N) is 1. The van der Waals surface area contributed by atoms with Crippen molar-refractivity contribution in [2.24, 2.45) is 7.05 Å². The first-order chi connectivity index (χ1) is 8.29. The first-order valence-corrected chi connectivity index (χ1v) is 5.22. The van der Waals surface area contributed by atoms with Gasteiger partial charge in [-0.05, 0) is 12.1 Å². The number of nitrogens with zero attached hydrogens (tertiary/aromatic N) is 5. The van der Waals surface area contributed by atoms with Crippen LogP contribution in [0.5, 0.6) is 0 Å². The second kappa shape index (κ2) is 5.07. The van der Waals surface area contributed by atoms with Crippen molar-refractivity contribution in [3.8, 4) is 6.07 Å². The summed E-state index contributed by atoms with van der Waals surface area (Å²) in [6.45, 7) is 0.728. The fraction of sp³-hybridized carbons (Fsp3) is 0.273. The standard InChI is InChI=1S/C11H12N6/c1-17-8-15-16-11(17)4-5-13-10-3-2-9(6-12)7-14-10/h2-3,7-8H,4-5H2,1H3,(H,13,14). The number of hydrogen-bond acceptors (Lipinski definition) is 5. The van der Waals surface area contributed by atoms with E-state index in [1.807, 2.05) is 17.7 Å². The van der Waals surface area contributed by atoms with Crippen LogP contribution in [0, 0.1) is 11.3 Å². The van der Waals surface area contributed by atoms with Gasteiger partial charge in [-0.3, -0.25) is 0 Å². The molecule has 6 nitrogen and oxygen atoms in total. The molecule has 0 atom stereocenters. The lowest BCUT2D eigenvalue weighted by Crippen LogP contribution is -2.09. The van der Waals surface area contributed by atoms with Crippen LogP contribution in [0.25, 0.3) is 0 Å². The highest BCUT2D eigenvalue weighted by Gasteiger charge is 2.00. The van der Waals surface area contributed by atoms with E-state index < -0.39 is 0 Å². The Morgan fingerprint density at radius 1 is 1.47 bits per heavy atom. The minimum Gasteiger partial charge on any atom is -0.370 e. The number of anilines is 1. The normalized spacial score (nSPS) is 9.88. The lowest BCUT2D eigenvalue weighted by molar-refractivity contribution is 0.787. The van der Waals surface area contributed by atoms with Gasteiger partial charge in [0.05, 0.1) is 5.56 Å². The molecule has 0 saturated carbocycles. The molecule has 0 spiro atoms. The molecular weight excluding hydrogens is 216 g/mol. The number of aromatic nitrogens is 4. The monoisotopic (exact) mass is 228 g/mol. The third-order valence-electron chi connectivity index (χ3n) is 2.35. The average Bonchev–Trinajstić information content (AvgIpc) is 2.76. The fourth-order valence-electron chi connectivity index (χ4n) is 1.40. The third kappa shape index (κ3) is 2.78. The van der Waals surface area contributed by atoms with E-state index in [0.29, 0.717) is 5.56 Å². The van der Waals surface area contributed by atoms with Crippen LogP contribution in [0.15, 0.2) is 24.7 Å². The average molecular weight is 228 g/mol. The van der Waals surface area contributed by atoms with Crippen molar-refractivity contribution in [2.75, 3.05) is 11.9 Å². The van der Waals surface area contributed by atoms with Gasteiger partial charge >= 0.3 is 0 Å². The molecule has 0 aliphatic rings. The van der Waals surface area contributed by atoms with Gasteiger partial charge < -0.3 is 9.88 Å². The van der Waals surface area contributed by atoms with E-state index in [9.17, 15) is 0 Å². The van der Waals surface area contributed by atoms with Crippen molar-refractivity contribution in [1.29, 1.82) is 5.26 Å². The number of aryl methyl sites for hydroxylation is 1. The number of pyridine rings is 1. The molecule has 0 saturated heterocycles. The first kappa shape index (κ1) is 11.1. The Labute approximate surface area is 98.9 Å². The number of rotatable bonds is 4. The molecule has 2 rings (SSSR count). The Bertz CT molecular complexity index is 522. The molecule has 6 heteroatoms. The summed E-state index contributed by atoms with van der Waals surface area (Å²) in [5.41, 5.74) is 0.559. The van der Waals surface area contributed by atoms with Crippen LogP contribution < -0.4 is 5.32 Å². The molecular formula is C11H12N6. The molecule has 0 aliphatic carbocycles. The quantitative estimate of drug-likeness (QED) is 0.834. The van der Waals surface area contributed by atoms with E-state index >= 15 is 0 Å². The molecule has 2 heterocycles. The van der Waals surface area contributed by atoms with Gasteiger partial charge in [0.15, 0.2) is 0 Å². The Hall–Kier alpha value is -2.42. The van der Waals surface area contributed by atoms with E-state index in [0.717, 1.165) is 24.6 Å². The Morgan fingerprint density at radius 2 is 2.35 bits per heavy atom. The van der Waals surface area contributed by atoms with Crippen molar-refractivity contribution in [1.82, 2.24) is 19.7 Å². The zero-order valence-corrected chi connectivity index (χ0v) is 9.46. The largest absolute Gasteiger partial charge is 0.370 e. The van der Waals surface area contributed by atoms with Crippen molar-refractivity contribution >= 4 is 5.82 Å². The molecule has 0 aliphatic heterocycles. The molecule has 2 aromatic rings. The molecule has 0 amide bonds. The smallest absolute Gasteiger partial charge is 0.134 e. The zero-order chi connectivity index (χ0) is 12.1. The van der Waals surface area contributed by atoms with Crippen molar-refractivity contribution in [3.63, 3.8) is 0 Å². The van der Waals surface area contributed by atoms with Crippen LogP contribution in [-0.4, -0.2) is 26.3 Å². The lowest BCUT2D eigenvalue weighted by atomic mass is 10.3. The Morgan fingerprint density at radius 3 is 2.94 bits per heavy atom. The molecule has 17 heavy (non-hydrogen) atoms. The Kier molecular flexibility index (Phi) is 3.31. The summed E-state index contributed by atoms with van der Waals surface area (Å²) < 4.78 is 1.88. The van der Waals surface area contributed by atoms with E-state index in [1.54, 1.807) is 24.7 Å². The maximum absolute atomic E-state index is 8.63. The summed E-state index contributed by atoms with van der Waals surface area (Å²) in [6.07, 6.45) is 4.00. The second-order valence-electron chi connectivity index (χ2n) is 3.58. The van der Waals surface area contributed by atoms with E-state index in [2.05, 4.69) is 20.5 Å². The maximum Gasteiger partial charge on any atom is 0.134 e. The van der Waals surface area contributed by atoms with Crippen molar-refractivity contribution in [2.45, 2.75) is 6.42 Å². The summed E-state index contributed by atoms with van der Waals surface area (Å²) in [4.78, 5) is 4.11. The van der Waals surface area contributed by atoms with Gasteiger partial charge in [-0.1, -0.05) is 0 Å². The molecule has 0 radical (unpaired) electrons. The van der Waals surface area contributed by atoms with Crippen LogP contribution in [0.4, 0.5) is 5.82 Å². The number of hydrogen-bond donors (Lipinski definition) is 1. The van der Waals surface area contributed by atoms with Crippen LogP contribution in [-0.2, 0) is 13.5 Å². The molecule has 0 unspecified atom stereocenters. The Balaban J connectivity index is 1.86. The topological polar surface area (TPSA) is 79.4 Å². The summed E-state index contributed by atoms with van der Waals surface area (Å²) >= 11 is 0. The van der Waals surface area contributed by atoms with Crippen LogP contribution in [0.2, 0.25) is 0 Å².